The lowest BCUT2D eigenvalue weighted by molar-refractivity contribution is -0.144. The molecule has 1 aliphatic heterocycles. The van der Waals surface area contributed by atoms with E-state index >= 15 is 0 Å². The Kier molecular flexibility index (Phi) is 6.25. The molecule has 1 heterocycles. The molecule has 0 saturated carbocycles. The number of hydrogen-bond donors (Lipinski definition) is 2. The Balaban J connectivity index is 2.18. The number of carboxylic acid groups (broad SMARTS) is 1. The summed E-state index contributed by atoms with van der Waals surface area (Å²) in [6.07, 6.45) is 2.53. The zero-order valence-electron chi connectivity index (χ0n) is 11.3. The van der Waals surface area contributed by atoms with Crippen LogP contribution in [0.2, 0.25) is 0 Å². The van der Waals surface area contributed by atoms with Gasteiger partial charge in [-0.2, -0.15) is 0 Å². The quantitative estimate of drug-likeness (QED) is 0.654. The molecule has 1 unspecified atom stereocenters. The fourth-order valence-electron chi connectivity index (χ4n) is 2.05. The Bertz CT molecular complexity index is 302. The minimum atomic E-state index is -0.816. The summed E-state index contributed by atoms with van der Waals surface area (Å²) >= 11 is 0. The fraction of sp³-hybridized carbons (Fsp3) is 0.917. The standard InChI is InChI=1S/C12H24N2O3S/c1-12(13-2,11(15)16)5-3-4-6-14-7-9-18(17)10-8-14/h13H,3-10H2,1-2H3,(H,15,16). The highest BCUT2D eigenvalue weighted by molar-refractivity contribution is 7.85. The molecular formula is C12H24N2O3S. The van der Waals surface area contributed by atoms with Crippen molar-refractivity contribution in [2.75, 3.05) is 38.2 Å². The summed E-state index contributed by atoms with van der Waals surface area (Å²) in [6.45, 7) is 4.53. The first-order valence-corrected chi connectivity index (χ1v) is 7.96. The Labute approximate surface area is 111 Å². The van der Waals surface area contributed by atoms with Crippen LogP contribution in [0.1, 0.15) is 26.2 Å². The Hall–Kier alpha value is -0.460. The van der Waals surface area contributed by atoms with Crippen LogP contribution in [0, 0.1) is 0 Å². The molecule has 18 heavy (non-hydrogen) atoms. The summed E-state index contributed by atoms with van der Waals surface area (Å²) in [7, 11) is 1.07. The smallest absolute Gasteiger partial charge is 0.323 e. The van der Waals surface area contributed by atoms with E-state index < -0.39 is 22.3 Å². The molecule has 5 nitrogen and oxygen atoms in total. The van der Waals surface area contributed by atoms with E-state index in [1.54, 1.807) is 14.0 Å². The minimum Gasteiger partial charge on any atom is -0.480 e. The van der Waals surface area contributed by atoms with Gasteiger partial charge in [0.15, 0.2) is 0 Å². The van der Waals surface area contributed by atoms with Crippen molar-refractivity contribution in [1.29, 1.82) is 0 Å². The zero-order chi connectivity index (χ0) is 13.6. The zero-order valence-corrected chi connectivity index (χ0v) is 12.1. The van der Waals surface area contributed by atoms with Gasteiger partial charge in [0.1, 0.15) is 5.54 Å². The van der Waals surface area contributed by atoms with E-state index in [4.69, 9.17) is 5.11 Å². The lowest BCUT2D eigenvalue weighted by atomic mass is 9.95. The largest absolute Gasteiger partial charge is 0.480 e. The predicted molar refractivity (Wildman–Crippen MR) is 73.3 cm³/mol. The van der Waals surface area contributed by atoms with E-state index in [0.717, 1.165) is 44.0 Å². The van der Waals surface area contributed by atoms with Crippen LogP contribution in [0.5, 0.6) is 0 Å². The molecule has 0 aromatic carbocycles. The number of nitrogens with one attached hydrogen (secondary N) is 1. The molecule has 1 fully saturated rings. The van der Waals surface area contributed by atoms with Gasteiger partial charge in [-0.1, -0.05) is 0 Å². The Morgan fingerprint density at radius 3 is 2.50 bits per heavy atom. The molecule has 6 heteroatoms. The number of likely N-dealkylation sites (N-methyl/N-ethyl adjacent to an activating group) is 1. The van der Waals surface area contributed by atoms with E-state index in [9.17, 15) is 9.00 Å². The summed E-state index contributed by atoms with van der Waals surface area (Å²) in [5.41, 5.74) is -0.816. The minimum absolute atomic E-state index is 0.619. The maximum absolute atomic E-state index is 11.2. The summed E-state index contributed by atoms with van der Waals surface area (Å²) in [5.74, 6) is 0.769. The van der Waals surface area contributed by atoms with Gasteiger partial charge in [0.2, 0.25) is 0 Å². The van der Waals surface area contributed by atoms with Crippen molar-refractivity contribution in [1.82, 2.24) is 10.2 Å². The van der Waals surface area contributed by atoms with Gasteiger partial charge in [-0.15, -0.1) is 0 Å². The molecule has 0 aromatic heterocycles. The van der Waals surface area contributed by atoms with Gasteiger partial charge < -0.3 is 15.3 Å². The van der Waals surface area contributed by atoms with Gasteiger partial charge >= 0.3 is 5.97 Å². The SMILES string of the molecule is CNC(C)(CCCCN1CCS(=O)CC1)C(=O)O. The average Bonchev–Trinajstić information content (AvgIpc) is 2.36. The normalized spacial score (nSPS) is 21.7. The fourth-order valence-corrected chi connectivity index (χ4v) is 3.18. The van der Waals surface area contributed by atoms with Crippen LogP contribution in [0.4, 0.5) is 0 Å². The van der Waals surface area contributed by atoms with Gasteiger partial charge in [0.05, 0.1) is 0 Å². The first-order chi connectivity index (χ1) is 8.48. The second-order valence-corrected chi connectivity index (χ2v) is 6.73. The molecule has 0 spiro atoms. The second kappa shape index (κ2) is 7.21. The first-order valence-electron chi connectivity index (χ1n) is 6.47. The van der Waals surface area contributed by atoms with Crippen LogP contribution in [0.15, 0.2) is 0 Å². The van der Waals surface area contributed by atoms with Crippen molar-refractivity contribution in [2.24, 2.45) is 0 Å². The van der Waals surface area contributed by atoms with E-state index in [1.165, 1.54) is 0 Å². The number of hydrogen-bond acceptors (Lipinski definition) is 4. The van der Waals surface area contributed by atoms with Crippen LogP contribution in [0.25, 0.3) is 0 Å². The lowest BCUT2D eigenvalue weighted by Gasteiger charge is -2.27. The third kappa shape index (κ3) is 4.66. The van der Waals surface area contributed by atoms with Crippen LogP contribution < -0.4 is 5.32 Å². The molecule has 1 aliphatic rings. The number of carbonyl (C=O) groups is 1. The highest BCUT2D eigenvalue weighted by atomic mass is 32.2. The summed E-state index contributed by atoms with van der Waals surface area (Å²) in [5, 5.41) is 12.0. The van der Waals surface area contributed by atoms with E-state index in [1.807, 2.05) is 0 Å². The van der Waals surface area contributed by atoms with Gasteiger partial charge in [0.25, 0.3) is 0 Å². The van der Waals surface area contributed by atoms with Crippen LogP contribution >= 0.6 is 0 Å². The molecular weight excluding hydrogens is 252 g/mol. The lowest BCUT2D eigenvalue weighted by Crippen LogP contribution is -2.47. The van der Waals surface area contributed by atoms with E-state index in [-0.39, 0.29) is 0 Å². The Morgan fingerprint density at radius 1 is 1.39 bits per heavy atom. The molecule has 1 atom stereocenters. The molecule has 0 aromatic rings. The third-order valence-electron chi connectivity index (χ3n) is 3.70. The molecule has 106 valence electrons. The number of unbranched alkanes of at least 4 members (excludes halogenated alkanes) is 1. The van der Waals surface area contributed by atoms with Crippen molar-refractivity contribution in [2.45, 2.75) is 31.7 Å². The number of aliphatic carboxylic acids is 1. The monoisotopic (exact) mass is 276 g/mol. The predicted octanol–water partition coefficient (Wildman–Crippen LogP) is 0.284. The van der Waals surface area contributed by atoms with Gasteiger partial charge in [-0.3, -0.25) is 9.00 Å². The summed E-state index contributed by atoms with van der Waals surface area (Å²) in [4.78, 5) is 13.4. The molecule has 1 rings (SSSR count). The maximum atomic E-state index is 11.2. The average molecular weight is 276 g/mol. The number of rotatable bonds is 7. The highest BCUT2D eigenvalue weighted by Gasteiger charge is 2.30. The van der Waals surface area contributed by atoms with Crippen molar-refractivity contribution in [3.63, 3.8) is 0 Å². The van der Waals surface area contributed by atoms with Crippen LogP contribution in [-0.4, -0.2) is 63.9 Å². The molecule has 2 N–H and O–H groups in total. The van der Waals surface area contributed by atoms with Crippen molar-refractivity contribution in [3.05, 3.63) is 0 Å². The summed E-state index contributed by atoms with van der Waals surface area (Å²) < 4.78 is 11.2. The maximum Gasteiger partial charge on any atom is 0.323 e. The number of nitrogens with zero attached hydrogens (tertiary/aromatic N) is 1. The topological polar surface area (TPSA) is 69.6 Å². The second-order valence-electron chi connectivity index (χ2n) is 5.03. The van der Waals surface area contributed by atoms with Gasteiger partial charge in [0, 0.05) is 35.4 Å². The third-order valence-corrected chi connectivity index (χ3v) is 4.97. The molecule has 0 bridgehead atoms. The first kappa shape index (κ1) is 15.6. The van der Waals surface area contributed by atoms with Gasteiger partial charge in [-0.25, -0.2) is 0 Å². The summed E-state index contributed by atoms with van der Waals surface area (Å²) in [6, 6.07) is 0. The Morgan fingerprint density at radius 2 is 2.00 bits per heavy atom. The number of carboxylic acids is 1. The molecule has 0 amide bonds. The van der Waals surface area contributed by atoms with E-state index in [2.05, 4.69) is 10.2 Å². The molecule has 1 saturated heterocycles. The van der Waals surface area contributed by atoms with Crippen molar-refractivity contribution in [3.8, 4) is 0 Å². The van der Waals surface area contributed by atoms with Crippen LogP contribution in [0.3, 0.4) is 0 Å². The van der Waals surface area contributed by atoms with Crippen LogP contribution in [-0.2, 0) is 15.6 Å². The molecule has 0 radical (unpaired) electrons. The van der Waals surface area contributed by atoms with Gasteiger partial charge in [-0.05, 0) is 39.8 Å². The highest BCUT2D eigenvalue weighted by Crippen LogP contribution is 2.14. The molecule has 0 aliphatic carbocycles. The van der Waals surface area contributed by atoms with Crippen molar-refractivity contribution >= 4 is 16.8 Å². The van der Waals surface area contributed by atoms with E-state index in [0.29, 0.717) is 6.42 Å². The van der Waals surface area contributed by atoms with Crippen molar-refractivity contribution < 1.29 is 14.1 Å².